The molecule has 3 rings (SSSR count). The minimum absolute atomic E-state index is 0.105. The molecule has 1 amide bonds. The highest BCUT2D eigenvalue weighted by Crippen LogP contribution is 2.34. The Morgan fingerprint density at radius 2 is 2.26 bits per heavy atom. The van der Waals surface area contributed by atoms with E-state index in [9.17, 15) is 4.79 Å². The number of thioether (sulfide) groups is 2. The summed E-state index contributed by atoms with van der Waals surface area (Å²) in [4.78, 5) is 15.7. The van der Waals surface area contributed by atoms with Crippen LogP contribution in [0.3, 0.4) is 0 Å². The molecule has 5 nitrogen and oxygen atoms in total. The van der Waals surface area contributed by atoms with Crippen LogP contribution in [0.1, 0.15) is 5.82 Å². The second-order valence-electron chi connectivity index (χ2n) is 5.08. The van der Waals surface area contributed by atoms with Crippen LogP contribution in [0.5, 0.6) is 0 Å². The van der Waals surface area contributed by atoms with Crippen LogP contribution in [0.15, 0.2) is 47.0 Å². The summed E-state index contributed by atoms with van der Waals surface area (Å²) in [5.41, 5.74) is 1.01. The maximum atomic E-state index is 12.6. The molecule has 0 spiro atoms. The second kappa shape index (κ2) is 7.23. The molecule has 0 N–H and O–H groups in total. The molecule has 1 aromatic heterocycles. The van der Waals surface area contributed by atoms with Crippen LogP contribution in [0.2, 0.25) is 0 Å². The van der Waals surface area contributed by atoms with Gasteiger partial charge in [0.25, 0.3) is 0 Å². The van der Waals surface area contributed by atoms with Gasteiger partial charge in [-0.05, 0) is 19.1 Å². The highest BCUT2D eigenvalue weighted by molar-refractivity contribution is 8.00. The van der Waals surface area contributed by atoms with E-state index in [0.717, 1.165) is 29.0 Å². The molecule has 0 saturated heterocycles. The van der Waals surface area contributed by atoms with Crippen molar-refractivity contribution in [1.29, 1.82) is 0 Å². The average Bonchev–Trinajstić information content (AvgIpc) is 2.93. The summed E-state index contributed by atoms with van der Waals surface area (Å²) < 4.78 is 1.96. The first-order chi connectivity index (χ1) is 11.2. The number of fused-ring (bicyclic) bond motifs is 1. The summed E-state index contributed by atoms with van der Waals surface area (Å²) in [6, 6.07) is 8.06. The van der Waals surface area contributed by atoms with E-state index in [1.54, 1.807) is 17.8 Å². The molecule has 1 aliphatic rings. The third kappa shape index (κ3) is 3.45. The average molecular weight is 346 g/mol. The summed E-state index contributed by atoms with van der Waals surface area (Å²) in [7, 11) is 0. The zero-order chi connectivity index (χ0) is 16.2. The van der Waals surface area contributed by atoms with Crippen molar-refractivity contribution in [3.05, 3.63) is 42.7 Å². The molecule has 0 aliphatic carbocycles. The fraction of sp³-hybridized carbons (Fsp3) is 0.312. The molecule has 0 radical (unpaired) electrons. The van der Waals surface area contributed by atoms with E-state index < -0.39 is 0 Å². The third-order valence-corrected chi connectivity index (χ3v) is 5.56. The highest BCUT2D eigenvalue weighted by atomic mass is 32.2. The second-order valence-corrected chi connectivity index (χ2v) is 7.16. The van der Waals surface area contributed by atoms with Gasteiger partial charge in [-0.25, -0.2) is 0 Å². The van der Waals surface area contributed by atoms with Gasteiger partial charge in [-0.1, -0.05) is 30.0 Å². The van der Waals surface area contributed by atoms with Crippen LogP contribution in [0.4, 0.5) is 5.69 Å². The lowest BCUT2D eigenvalue weighted by molar-refractivity contribution is -0.116. The first kappa shape index (κ1) is 16.1. The number of anilines is 1. The first-order valence-electron chi connectivity index (χ1n) is 7.36. The quantitative estimate of drug-likeness (QED) is 0.615. The number of hydrogen-bond donors (Lipinski definition) is 0. The van der Waals surface area contributed by atoms with Crippen molar-refractivity contribution >= 4 is 35.1 Å². The van der Waals surface area contributed by atoms with Crippen LogP contribution in [0.25, 0.3) is 0 Å². The Labute approximate surface area is 144 Å². The Bertz CT molecular complexity index is 729. The number of allylic oxidation sites excluding steroid dienone is 1. The first-order valence-corrected chi connectivity index (χ1v) is 9.33. The van der Waals surface area contributed by atoms with E-state index >= 15 is 0 Å². The van der Waals surface area contributed by atoms with E-state index in [-0.39, 0.29) is 5.91 Å². The number of hydrogen-bond acceptors (Lipinski definition) is 5. The number of benzene rings is 1. The van der Waals surface area contributed by atoms with Crippen molar-refractivity contribution in [3.8, 4) is 0 Å². The van der Waals surface area contributed by atoms with Gasteiger partial charge in [-0.15, -0.1) is 28.5 Å². The molecular weight excluding hydrogens is 328 g/mol. The van der Waals surface area contributed by atoms with E-state index in [2.05, 4.69) is 22.8 Å². The van der Waals surface area contributed by atoms with Gasteiger partial charge in [0.1, 0.15) is 5.82 Å². The van der Waals surface area contributed by atoms with Crippen molar-refractivity contribution in [2.24, 2.45) is 0 Å². The maximum absolute atomic E-state index is 12.6. The molecule has 0 fully saturated rings. The van der Waals surface area contributed by atoms with Crippen molar-refractivity contribution in [2.75, 3.05) is 23.0 Å². The monoisotopic (exact) mass is 346 g/mol. The largest absolute Gasteiger partial charge is 0.310 e. The molecule has 2 heterocycles. The van der Waals surface area contributed by atoms with E-state index in [1.807, 2.05) is 34.6 Å². The smallest absolute Gasteiger partial charge is 0.237 e. The van der Waals surface area contributed by atoms with Gasteiger partial charge in [-0.2, -0.15) is 0 Å². The standard InChI is InChI=1S/C16H18N4OS2/c1-3-8-19-12(2)17-18-16(19)23-11-15(21)20-9-10-22-14-7-5-4-6-13(14)20/h3-7H,1,8-11H2,2H3. The van der Waals surface area contributed by atoms with Gasteiger partial charge in [-0.3, -0.25) is 4.79 Å². The molecule has 2 aromatic rings. The number of nitrogens with zero attached hydrogens (tertiary/aromatic N) is 4. The normalized spacial score (nSPS) is 13.7. The van der Waals surface area contributed by atoms with Crippen LogP contribution in [-0.2, 0) is 11.3 Å². The summed E-state index contributed by atoms with van der Waals surface area (Å²) in [6.45, 7) is 7.05. The Hall–Kier alpha value is -1.73. The van der Waals surface area contributed by atoms with Crippen LogP contribution >= 0.6 is 23.5 Å². The topological polar surface area (TPSA) is 51.0 Å². The van der Waals surface area contributed by atoms with Crippen molar-refractivity contribution in [2.45, 2.75) is 23.5 Å². The van der Waals surface area contributed by atoms with E-state index in [4.69, 9.17) is 0 Å². The number of carbonyl (C=O) groups excluding carboxylic acids is 1. The summed E-state index contributed by atoms with van der Waals surface area (Å²) in [6.07, 6.45) is 1.81. The Kier molecular flexibility index (Phi) is 5.07. The van der Waals surface area contributed by atoms with Gasteiger partial charge in [0, 0.05) is 23.7 Å². The Morgan fingerprint density at radius 3 is 3.09 bits per heavy atom. The Balaban J connectivity index is 1.70. The molecule has 0 unspecified atom stereocenters. The molecule has 1 aromatic carbocycles. The molecule has 1 aliphatic heterocycles. The molecule has 0 bridgehead atoms. The van der Waals surface area contributed by atoms with E-state index in [1.165, 1.54) is 16.7 Å². The molecule has 120 valence electrons. The maximum Gasteiger partial charge on any atom is 0.237 e. The minimum Gasteiger partial charge on any atom is -0.310 e. The fourth-order valence-corrected chi connectivity index (χ4v) is 4.30. The number of aromatic nitrogens is 3. The molecule has 7 heteroatoms. The fourth-order valence-electron chi connectivity index (χ4n) is 2.44. The zero-order valence-corrected chi connectivity index (χ0v) is 14.6. The lowest BCUT2D eigenvalue weighted by Crippen LogP contribution is -2.36. The molecular formula is C16H18N4OS2. The summed E-state index contributed by atoms with van der Waals surface area (Å²) in [5, 5.41) is 8.99. The van der Waals surface area contributed by atoms with Crippen molar-refractivity contribution in [1.82, 2.24) is 14.8 Å². The van der Waals surface area contributed by atoms with Crippen LogP contribution in [0, 0.1) is 6.92 Å². The molecule has 0 atom stereocenters. The number of aryl methyl sites for hydroxylation is 1. The predicted molar refractivity (Wildman–Crippen MR) is 95.2 cm³/mol. The van der Waals surface area contributed by atoms with Gasteiger partial charge in [0.15, 0.2) is 5.16 Å². The SMILES string of the molecule is C=CCn1c(C)nnc1SCC(=O)N1CCSc2ccccc21. The number of rotatable bonds is 5. The lowest BCUT2D eigenvalue weighted by Gasteiger charge is -2.28. The van der Waals surface area contributed by atoms with Crippen LogP contribution < -0.4 is 4.90 Å². The van der Waals surface area contributed by atoms with Crippen LogP contribution in [-0.4, -0.2) is 38.7 Å². The lowest BCUT2D eigenvalue weighted by atomic mass is 10.3. The summed E-state index contributed by atoms with van der Waals surface area (Å²) in [5.74, 6) is 2.22. The molecule has 0 saturated carbocycles. The van der Waals surface area contributed by atoms with E-state index in [0.29, 0.717) is 12.3 Å². The number of para-hydroxylation sites is 1. The van der Waals surface area contributed by atoms with Crippen molar-refractivity contribution < 1.29 is 4.79 Å². The number of amides is 1. The Morgan fingerprint density at radius 1 is 1.43 bits per heavy atom. The van der Waals surface area contributed by atoms with Gasteiger partial charge < -0.3 is 9.47 Å². The summed E-state index contributed by atoms with van der Waals surface area (Å²) >= 11 is 3.23. The van der Waals surface area contributed by atoms with Gasteiger partial charge in [0.05, 0.1) is 11.4 Å². The minimum atomic E-state index is 0.105. The number of carbonyl (C=O) groups is 1. The zero-order valence-electron chi connectivity index (χ0n) is 12.9. The predicted octanol–water partition coefficient (Wildman–Crippen LogP) is 3.00. The van der Waals surface area contributed by atoms with Gasteiger partial charge >= 0.3 is 0 Å². The third-order valence-electron chi connectivity index (χ3n) is 3.57. The van der Waals surface area contributed by atoms with Gasteiger partial charge in [0.2, 0.25) is 5.91 Å². The van der Waals surface area contributed by atoms with Crippen molar-refractivity contribution in [3.63, 3.8) is 0 Å². The molecule has 23 heavy (non-hydrogen) atoms. The highest BCUT2D eigenvalue weighted by Gasteiger charge is 2.23.